The van der Waals surface area contributed by atoms with E-state index in [1.807, 2.05) is 18.0 Å². The van der Waals surface area contributed by atoms with Gasteiger partial charge in [-0.2, -0.15) is 0 Å². The normalized spacial score (nSPS) is 18.6. The summed E-state index contributed by atoms with van der Waals surface area (Å²) in [6, 6.07) is 11.8. The second kappa shape index (κ2) is 6.57. The fourth-order valence-corrected chi connectivity index (χ4v) is 3.06. The molecular weight excluding hydrogens is 309 g/mol. The molecule has 0 amide bonds. The fraction of sp³-hybridized carbons (Fsp3) is 0.333. The van der Waals surface area contributed by atoms with Crippen LogP contribution in [0.25, 0.3) is 11.1 Å². The molecule has 0 saturated carbocycles. The van der Waals surface area contributed by atoms with Gasteiger partial charge in [0.15, 0.2) is 0 Å². The van der Waals surface area contributed by atoms with E-state index in [1.54, 1.807) is 24.3 Å². The Kier molecular flexibility index (Phi) is 4.49. The van der Waals surface area contributed by atoms with E-state index in [1.165, 1.54) is 12.1 Å². The van der Waals surface area contributed by atoms with Crippen LogP contribution >= 0.6 is 0 Å². The summed E-state index contributed by atoms with van der Waals surface area (Å²) in [4.78, 5) is 15.2. The smallest absolute Gasteiger partial charge is 0.293 e. The number of benzene rings is 2. The zero-order valence-corrected chi connectivity index (χ0v) is 13.8. The molecule has 0 aliphatic carbocycles. The van der Waals surface area contributed by atoms with Gasteiger partial charge in [0, 0.05) is 43.4 Å². The maximum Gasteiger partial charge on any atom is 0.293 e. The third-order valence-corrected chi connectivity index (χ3v) is 4.65. The first-order valence-corrected chi connectivity index (χ1v) is 7.96. The lowest BCUT2D eigenvalue weighted by atomic mass is 10.0. The van der Waals surface area contributed by atoms with E-state index >= 15 is 0 Å². The summed E-state index contributed by atoms with van der Waals surface area (Å²) in [5.74, 6) is -0.437. The van der Waals surface area contributed by atoms with Gasteiger partial charge < -0.3 is 9.80 Å². The first kappa shape index (κ1) is 16.4. The van der Waals surface area contributed by atoms with Gasteiger partial charge in [0.25, 0.3) is 5.69 Å². The number of likely N-dealkylation sites (N-methyl/N-ethyl adjacent to an activating group) is 1. The van der Waals surface area contributed by atoms with Gasteiger partial charge in [-0.3, -0.25) is 10.1 Å². The second-order valence-corrected chi connectivity index (χ2v) is 6.22. The number of anilines is 1. The van der Waals surface area contributed by atoms with Crippen LogP contribution in [0.3, 0.4) is 0 Å². The van der Waals surface area contributed by atoms with Crippen molar-refractivity contribution >= 4 is 11.4 Å². The maximum atomic E-state index is 14.6. The largest absolute Gasteiger partial charge is 0.363 e. The van der Waals surface area contributed by atoms with Crippen LogP contribution in [0.15, 0.2) is 42.5 Å². The van der Waals surface area contributed by atoms with E-state index in [4.69, 9.17) is 0 Å². The van der Waals surface area contributed by atoms with Crippen LogP contribution in [-0.4, -0.2) is 42.5 Å². The van der Waals surface area contributed by atoms with Crippen molar-refractivity contribution in [3.63, 3.8) is 0 Å². The molecule has 3 rings (SSSR count). The van der Waals surface area contributed by atoms with Crippen molar-refractivity contribution in [1.82, 2.24) is 4.90 Å². The second-order valence-electron chi connectivity index (χ2n) is 6.22. The highest BCUT2D eigenvalue weighted by atomic mass is 19.1. The molecule has 0 spiro atoms. The van der Waals surface area contributed by atoms with Crippen LogP contribution in [0.2, 0.25) is 0 Å². The molecule has 0 radical (unpaired) electrons. The first-order chi connectivity index (χ1) is 11.5. The summed E-state index contributed by atoms with van der Waals surface area (Å²) in [7, 11) is 2.02. The third kappa shape index (κ3) is 3.10. The Hall–Kier alpha value is -2.47. The highest BCUT2D eigenvalue weighted by Crippen LogP contribution is 2.36. The molecule has 5 nitrogen and oxygen atoms in total. The van der Waals surface area contributed by atoms with Gasteiger partial charge in [0.2, 0.25) is 0 Å². The molecule has 1 unspecified atom stereocenters. The Morgan fingerprint density at radius 1 is 1.21 bits per heavy atom. The van der Waals surface area contributed by atoms with Gasteiger partial charge in [-0.15, -0.1) is 0 Å². The van der Waals surface area contributed by atoms with Crippen molar-refractivity contribution in [1.29, 1.82) is 0 Å². The summed E-state index contributed by atoms with van der Waals surface area (Å²) in [6.07, 6.45) is 0. The number of hydrogen-bond donors (Lipinski definition) is 0. The number of rotatable bonds is 3. The molecule has 0 aromatic heterocycles. The Labute approximate surface area is 140 Å². The summed E-state index contributed by atoms with van der Waals surface area (Å²) in [5.41, 5.74) is 1.20. The van der Waals surface area contributed by atoms with E-state index < -0.39 is 10.7 Å². The molecule has 2 aromatic carbocycles. The van der Waals surface area contributed by atoms with Crippen LogP contribution in [0.5, 0.6) is 0 Å². The lowest BCUT2D eigenvalue weighted by molar-refractivity contribution is -0.384. The van der Waals surface area contributed by atoms with Crippen molar-refractivity contribution in [2.45, 2.75) is 13.0 Å². The first-order valence-electron chi connectivity index (χ1n) is 7.96. The Bertz CT molecular complexity index is 751. The van der Waals surface area contributed by atoms with E-state index in [0.29, 0.717) is 24.3 Å². The summed E-state index contributed by atoms with van der Waals surface area (Å²) < 4.78 is 14.6. The number of nitro benzene ring substituents is 1. The third-order valence-electron chi connectivity index (χ3n) is 4.65. The minimum Gasteiger partial charge on any atom is -0.363 e. The van der Waals surface area contributed by atoms with Crippen LogP contribution in [0, 0.1) is 15.9 Å². The molecule has 1 saturated heterocycles. The predicted molar refractivity (Wildman–Crippen MR) is 92.8 cm³/mol. The monoisotopic (exact) mass is 329 g/mol. The molecule has 24 heavy (non-hydrogen) atoms. The summed E-state index contributed by atoms with van der Waals surface area (Å²) >= 11 is 0. The van der Waals surface area contributed by atoms with Crippen LogP contribution in [-0.2, 0) is 0 Å². The minimum atomic E-state index is -0.437. The molecule has 1 aliphatic rings. The molecule has 1 heterocycles. The zero-order valence-electron chi connectivity index (χ0n) is 13.8. The lowest BCUT2D eigenvalue weighted by Crippen LogP contribution is -2.50. The molecular formula is C18H20FN3O2. The van der Waals surface area contributed by atoms with E-state index in [2.05, 4.69) is 11.8 Å². The fourth-order valence-electron chi connectivity index (χ4n) is 3.06. The van der Waals surface area contributed by atoms with Crippen LogP contribution < -0.4 is 4.90 Å². The van der Waals surface area contributed by atoms with Crippen molar-refractivity contribution in [2.75, 3.05) is 31.6 Å². The van der Waals surface area contributed by atoms with E-state index in [9.17, 15) is 14.5 Å². The highest BCUT2D eigenvalue weighted by molar-refractivity contribution is 5.75. The van der Waals surface area contributed by atoms with Crippen molar-refractivity contribution in [3.8, 4) is 11.1 Å². The Balaban J connectivity index is 2.04. The molecule has 126 valence electrons. The lowest BCUT2D eigenvalue weighted by Gasteiger charge is -2.38. The highest BCUT2D eigenvalue weighted by Gasteiger charge is 2.28. The zero-order chi connectivity index (χ0) is 17.3. The molecule has 1 fully saturated rings. The van der Waals surface area contributed by atoms with Crippen molar-refractivity contribution in [3.05, 3.63) is 58.4 Å². The SMILES string of the molecule is CC1CN(c2cc(F)c(-c3ccccc3)cc2[N+](=O)[O-])CCN1C. The van der Waals surface area contributed by atoms with Gasteiger partial charge in [-0.1, -0.05) is 30.3 Å². The molecule has 0 bridgehead atoms. The van der Waals surface area contributed by atoms with Gasteiger partial charge in [-0.25, -0.2) is 4.39 Å². The average Bonchev–Trinajstić information content (AvgIpc) is 2.57. The minimum absolute atomic E-state index is 0.0491. The summed E-state index contributed by atoms with van der Waals surface area (Å²) in [5, 5.41) is 11.6. The molecule has 1 aliphatic heterocycles. The van der Waals surface area contributed by atoms with Crippen molar-refractivity contribution in [2.24, 2.45) is 0 Å². The number of nitro groups is 1. The standard InChI is InChI=1S/C18H20FN3O2/c1-13-12-21(9-8-20(13)2)17-11-16(19)15(10-18(17)22(23)24)14-6-4-3-5-7-14/h3-7,10-11,13H,8-9,12H2,1-2H3. The average molecular weight is 329 g/mol. The Morgan fingerprint density at radius 3 is 2.54 bits per heavy atom. The van der Waals surface area contributed by atoms with Gasteiger partial charge >= 0.3 is 0 Å². The van der Waals surface area contributed by atoms with Gasteiger partial charge in [0.1, 0.15) is 11.5 Å². The maximum absolute atomic E-state index is 14.6. The summed E-state index contributed by atoms with van der Waals surface area (Å²) in [6.45, 7) is 4.14. The Morgan fingerprint density at radius 2 is 1.92 bits per heavy atom. The quantitative estimate of drug-likeness (QED) is 0.638. The number of nitrogens with zero attached hydrogens (tertiary/aromatic N) is 3. The topological polar surface area (TPSA) is 49.6 Å². The van der Waals surface area contributed by atoms with E-state index in [-0.39, 0.29) is 17.3 Å². The molecule has 1 atom stereocenters. The van der Waals surface area contributed by atoms with Crippen LogP contribution in [0.4, 0.5) is 15.8 Å². The molecule has 6 heteroatoms. The number of piperazine rings is 1. The predicted octanol–water partition coefficient (Wildman–Crippen LogP) is 3.54. The molecule has 0 N–H and O–H groups in total. The van der Waals surface area contributed by atoms with Crippen molar-refractivity contribution < 1.29 is 9.31 Å². The number of halogens is 1. The van der Waals surface area contributed by atoms with Crippen LogP contribution in [0.1, 0.15) is 6.92 Å². The van der Waals surface area contributed by atoms with E-state index in [0.717, 1.165) is 6.54 Å². The molecule has 2 aromatic rings. The van der Waals surface area contributed by atoms with Gasteiger partial charge in [0.05, 0.1) is 4.92 Å². The van der Waals surface area contributed by atoms with Gasteiger partial charge in [-0.05, 0) is 19.5 Å². The number of hydrogen-bond acceptors (Lipinski definition) is 4.